The van der Waals surface area contributed by atoms with Crippen LogP contribution >= 0.6 is 15.9 Å². The van der Waals surface area contributed by atoms with Gasteiger partial charge in [-0.2, -0.15) is 5.26 Å². The van der Waals surface area contributed by atoms with Crippen molar-refractivity contribution in [3.05, 3.63) is 0 Å². The van der Waals surface area contributed by atoms with Crippen LogP contribution in [0.2, 0.25) is 0 Å². The summed E-state index contributed by atoms with van der Waals surface area (Å²) in [6.07, 6.45) is -0.278. The highest BCUT2D eigenvalue weighted by atomic mass is 79.9. The number of rotatable bonds is 3. The Labute approximate surface area is 57.6 Å². The summed E-state index contributed by atoms with van der Waals surface area (Å²) >= 11 is 3.13. The van der Waals surface area contributed by atoms with Gasteiger partial charge in [0.1, 0.15) is 0 Å². The van der Waals surface area contributed by atoms with Gasteiger partial charge in [0.25, 0.3) is 0 Å². The fourth-order valence-electron chi connectivity index (χ4n) is 0.317. The zero-order valence-corrected chi connectivity index (χ0v) is 6.31. The average Bonchev–Trinajstić information content (AvgIpc) is 1.83. The molecule has 0 unspecified atom stereocenters. The van der Waals surface area contributed by atoms with Crippen molar-refractivity contribution in [2.75, 3.05) is 11.9 Å². The Balaban J connectivity index is 3.26. The lowest BCUT2D eigenvalue weighted by Crippen LogP contribution is -2.10. The third-order valence-corrected chi connectivity index (χ3v) is 1.24. The normalized spacial score (nSPS) is 12.6. The van der Waals surface area contributed by atoms with Gasteiger partial charge in [0.05, 0.1) is 6.07 Å². The molecule has 0 heterocycles. The van der Waals surface area contributed by atoms with Gasteiger partial charge in [0, 0.05) is 11.9 Å². The molecule has 0 aromatic carbocycles. The molecular formula is C5H8BrNO. The van der Waals surface area contributed by atoms with Crippen molar-refractivity contribution >= 4 is 15.9 Å². The molecule has 0 bridgehead atoms. The summed E-state index contributed by atoms with van der Waals surface area (Å²) < 4.78 is 4.93. The molecule has 46 valence electrons. The standard InChI is InChI=1S/C5H8BrNO/c1-2-8-5(3-6)4-7/h5H,2-3H2,1H3/t5-/m0/s1. The van der Waals surface area contributed by atoms with Gasteiger partial charge in [0.2, 0.25) is 0 Å². The first-order valence-corrected chi connectivity index (χ1v) is 3.54. The van der Waals surface area contributed by atoms with Gasteiger partial charge in [-0.05, 0) is 6.92 Å². The van der Waals surface area contributed by atoms with Crippen LogP contribution in [-0.4, -0.2) is 18.0 Å². The Morgan fingerprint density at radius 3 is 2.62 bits per heavy atom. The number of nitrogens with zero attached hydrogens (tertiary/aromatic N) is 1. The first-order chi connectivity index (χ1) is 3.85. The molecule has 3 heteroatoms. The third-order valence-electron chi connectivity index (χ3n) is 0.652. The Kier molecular flexibility index (Phi) is 5.03. The number of hydrogen-bond acceptors (Lipinski definition) is 2. The van der Waals surface area contributed by atoms with Crippen LogP contribution in [0.4, 0.5) is 0 Å². The lowest BCUT2D eigenvalue weighted by atomic mass is 10.5. The maximum atomic E-state index is 8.25. The second kappa shape index (κ2) is 5.07. The summed E-state index contributed by atoms with van der Waals surface area (Å²) in [6, 6.07) is 1.98. The van der Waals surface area contributed by atoms with Crippen molar-refractivity contribution in [1.29, 1.82) is 5.26 Å². The number of nitriles is 1. The fourth-order valence-corrected chi connectivity index (χ4v) is 0.649. The van der Waals surface area contributed by atoms with E-state index in [1.807, 2.05) is 13.0 Å². The minimum absolute atomic E-state index is 0.278. The van der Waals surface area contributed by atoms with Crippen LogP contribution in [0.15, 0.2) is 0 Å². The zero-order chi connectivity index (χ0) is 6.41. The van der Waals surface area contributed by atoms with E-state index in [2.05, 4.69) is 15.9 Å². The molecule has 0 rings (SSSR count). The summed E-state index contributed by atoms with van der Waals surface area (Å²) in [7, 11) is 0. The summed E-state index contributed by atoms with van der Waals surface area (Å²) in [5, 5.41) is 8.85. The van der Waals surface area contributed by atoms with Crippen molar-refractivity contribution in [3.8, 4) is 6.07 Å². The van der Waals surface area contributed by atoms with Gasteiger partial charge in [-0.25, -0.2) is 0 Å². The van der Waals surface area contributed by atoms with E-state index in [1.165, 1.54) is 0 Å². The van der Waals surface area contributed by atoms with Crippen LogP contribution in [0.5, 0.6) is 0 Å². The van der Waals surface area contributed by atoms with Gasteiger partial charge >= 0.3 is 0 Å². The molecule has 1 atom stereocenters. The number of hydrogen-bond donors (Lipinski definition) is 0. The van der Waals surface area contributed by atoms with E-state index in [0.29, 0.717) is 11.9 Å². The van der Waals surface area contributed by atoms with Crippen LogP contribution in [-0.2, 0) is 4.74 Å². The highest BCUT2D eigenvalue weighted by molar-refractivity contribution is 9.09. The highest BCUT2D eigenvalue weighted by Crippen LogP contribution is 1.93. The summed E-state index contributed by atoms with van der Waals surface area (Å²) in [6.45, 7) is 2.47. The molecule has 0 aliphatic carbocycles. The molecule has 0 saturated heterocycles. The van der Waals surface area contributed by atoms with Gasteiger partial charge in [-0.1, -0.05) is 15.9 Å². The van der Waals surface area contributed by atoms with E-state index in [4.69, 9.17) is 10.00 Å². The maximum Gasteiger partial charge on any atom is 0.153 e. The van der Waals surface area contributed by atoms with Crippen molar-refractivity contribution in [3.63, 3.8) is 0 Å². The molecule has 0 fully saturated rings. The number of halogens is 1. The summed E-state index contributed by atoms with van der Waals surface area (Å²) in [5.74, 6) is 0. The first-order valence-electron chi connectivity index (χ1n) is 2.42. The SMILES string of the molecule is CCO[C@H](C#N)CBr. The molecule has 0 N–H and O–H groups in total. The molecule has 0 aromatic heterocycles. The minimum atomic E-state index is -0.278. The molecule has 0 radical (unpaired) electrons. The molecule has 0 saturated carbocycles. The Morgan fingerprint density at radius 2 is 2.50 bits per heavy atom. The topological polar surface area (TPSA) is 33.0 Å². The predicted molar refractivity (Wildman–Crippen MR) is 34.8 cm³/mol. The van der Waals surface area contributed by atoms with Crippen LogP contribution < -0.4 is 0 Å². The van der Waals surface area contributed by atoms with Crippen molar-refractivity contribution in [1.82, 2.24) is 0 Å². The maximum absolute atomic E-state index is 8.25. The van der Waals surface area contributed by atoms with Crippen LogP contribution in [0.3, 0.4) is 0 Å². The Bertz CT molecular complexity index is 88.9. The van der Waals surface area contributed by atoms with E-state index in [1.54, 1.807) is 0 Å². The number of ether oxygens (including phenoxy) is 1. The zero-order valence-electron chi connectivity index (χ0n) is 4.72. The number of alkyl halides is 1. The minimum Gasteiger partial charge on any atom is -0.363 e. The Morgan fingerprint density at radius 1 is 1.88 bits per heavy atom. The molecule has 0 aliphatic heterocycles. The second-order valence-electron chi connectivity index (χ2n) is 1.23. The fraction of sp³-hybridized carbons (Fsp3) is 0.800. The average molecular weight is 178 g/mol. The van der Waals surface area contributed by atoms with E-state index in [9.17, 15) is 0 Å². The third kappa shape index (κ3) is 3.00. The molecule has 8 heavy (non-hydrogen) atoms. The van der Waals surface area contributed by atoms with Gasteiger partial charge in [-0.15, -0.1) is 0 Å². The molecular weight excluding hydrogens is 170 g/mol. The highest BCUT2D eigenvalue weighted by Gasteiger charge is 2.00. The lowest BCUT2D eigenvalue weighted by Gasteiger charge is -2.01. The van der Waals surface area contributed by atoms with E-state index in [0.717, 1.165) is 0 Å². The van der Waals surface area contributed by atoms with E-state index < -0.39 is 0 Å². The summed E-state index contributed by atoms with van der Waals surface area (Å²) in [5.41, 5.74) is 0. The van der Waals surface area contributed by atoms with Gasteiger partial charge < -0.3 is 4.74 Å². The van der Waals surface area contributed by atoms with Crippen LogP contribution in [0.25, 0.3) is 0 Å². The Hall–Kier alpha value is -0.0700. The predicted octanol–water partition coefficient (Wildman–Crippen LogP) is 1.31. The van der Waals surface area contributed by atoms with Crippen LogP contribution in [0.1, 0.15) is 6.92 Å². The van der Waals surface area contributed by atoms with Crippen molar-refractivity contribution in [2.45, 2.75) is 13.0 Å². The van der Waals surface area contributed by atoms with Crippen molar-refractivity contribution < 1.29 is 4.74 Å². The monoisotopic (exact) mass is 177 g/mol. The quantitative estimate of drug-likeness (QED) is 0.610. The molecule has 0 spiro atoms. The van der Waals surface area contributed by atoms with Crippen molar-refractivity contribution in [2.24, 2.45) is 0 Å². The molecule has 2 nitrogen and oxygen atoms in total. The molecule has 0 aromatic rings. The largest absolute Gasteiger partial charge is 0.363 e. The second-order valence-corrected chi connectivity index (χ2v) is 1.87. The lowest BCUT2D eigenvalue weighted by molar-refractivity contribution is 0.118. The van der Waals surface area contributed by atoms with Gasteiger partial charge in [-0.3, -0.25) is 0 Å². The molecule has 0 aliphatic rings. The smallest absolute Gasteiger partial charge is 0.153 e. The van der Waals surface area contributed by atoms with Crippen LogP contribution in [0, 0.1) is 11.3 Å². The molecule has 0 amide bonds. The van der Waals surface area contributed by atoms with Gasteiger partial charge in [0.15, 0.2) is 6.10 Å². The van der Waals surface area contributed by atoms with E-state index in [-0.39, 0.29) is 6.10 Å². The van der Waals surface area contributed by atoms with E-state index >= 15 is 0 Å². The first kappa shape index (κ1) is 7.93. The summed E-state index contributed by atoms with van der Waals surface area (Å²) in [4.78, 5) is 0.